The topological polar surface area (TPSA) is 58.4 Å². The van der Waals surface area contributed by atoms with Gasteiger partial charge < -0.3 is 16.0 Å². The van der Waals surface area contributed by atoms with E-state index in [1.807, 2.05) is 0 Å². The number of likely N-dealkylation sites (tertiary alicyclic amines) is 1. The Labute approximate surface area is 98.6 Å². The standard InChI is InChI=1S/C12H25N3O/c1-2-7-14-11(12(13)16)10-15-8-5-3-4-6-9-15/h11,14H,2-10H2,1H3,(H2,13,16). The molecule has 0 radical (unpaired) electrons. The number of nitrogens with zero attached hydrogens (tertiary/aromatic N) is 1. The minimum absolute atomic E-state index is 0.182. The Bertz CT molecular complexity index is 200. The lowest BCUT2D eigenvalue weighted by molar-refractivity contribution is -0.120. The van der Waals surface area contributed by atoms with E-state index >= 15 is 0 Å². The van der Waals surface area contributed by atoms with E-state index in [0.29, 0.717) is 0 Å². The van der Waals surface area contributed by atoms with Gasteiger partial charge in [0.05, 0.1) is 6.04 Å². The van der Waals surface area contributed by atoms with Gasteiger partial charge in [-0.1, -0.05) is 19.8 Å². The Kier molecular flexibility index (Phi) is 6.42. The van der Waals surface area contributed by atoms with Crippen LogP contribution in [0.5, 0.6) is 0 Å². The number of amides is 1. The lowest BCUT2D eigenvalue weighted by Crippen LogP contribution is -2.49. The second-order valence-corrected chi connectivity index (χ2v) is 4.62. The Balaban J connectivity index is 2.36. The van der Waals surface area contributed by atoms with Crippen LogP contribution in [0.2, 0.25) is 0 Å². The van der Waals surface area contributed by atoms with Crippen LogP contribution in [0, 0.1) is 0 Å². The second kappa shape index (κ2) is 7.63. The summed E-state index contributed by atoms with van der Waals surface area (Å²) >= 11 is 0. The molecule has 0 aromatic carbocycles. The van der Waals surface area contributed by atoms with Gasteiger partial charge in [0.15, 0.2) is 0 Å². The molecule has 1 amide bonds. The molecule has 3 N–H and O–H groups in total. The number of hydrogen-bond acceptors (Lipinski definition) is 3. The molecule has 0 bridgehead atoms. The summed E-state index contributed by atoms with van der Waals surface area (Å²) in [6, 6.07) is -0.182. The summed E-state index contributed by atoms with van der Waals surface area (Å²) in [5.74, 6) is -0.224. The van der Waals surface area contributed by atoms with E-state index in [9.17, 15) is 4.79 Å². The molecule has 4 nitrogen and oxygen atoms in total. The van der Waals surface area contributed by atoms with Gasteiger partial charge in [-0.15, -0.1) is 0 Å². The van der Waals surface area contributed by atoms with E-state index in [1.54, 1.807) is 0 Å². The zero-order valence-electron chi connectivity index (χ0n) is 10.4. The highest BCUT2D eigenvalue weighted by Crippen LogP contribution is 2.09. The lowest BCUT2D eigenvalue weighted by atomic mass is 10.2. The fourth-order valence-corrected chi connectivity index (χ4v) is 2.15. The highest BCUT2D eigenvalue weighted by Gasteiger charge is 2.19. The molecule has 1 heterocycles. The SMILES string of the molecule is CCCNC(CN1CCCCCC1)C(N)=O. The fourth-order valence-electron chi connectivity index (χ4n) is 2.15. The average molecular weight is 227 g/mol. The molecular formula is C12H25N3O. The van der Waals surface area contributed by atoms with Gasteiger partial charge in [0.25, 0.3) is 0 Å². The highest BCUT2D eigenvalue weighted by molar-refractivity contribution is 5.80. The molecule has 1 fully saturated rings. The van der Waals surface area contributed by atoms with Crippen LogP contribution >= 0.6 is 0 Å². The number of rotatable bonds is 6. The summed E-state index contributed by atoms with van der Waals surface area (Å²) in [5, 5.41) is 3.22. The normalized spacial score (nSPS) is 20.3. The monoisotopic (exact) mass is 227 g/mol. The predicted molar refractivity (Wildman–Crippen MR) is 66.2 cm³/mol. The van der Waals surface area contributed by atoms with Crippen LogP contribution in [0.15, 0.2) is 0 Å². The summed E-state index contributed by atoms with van der Waals surface area (Å²) in [6.07, 6.45) is 6.17. The van der Waals surface area contributed by atoms with Crippen LogP contribution in [-0.2, 0) is 4.79 Å². The molecule has 1 aliphatic heterocycles. The van der Waals surface area contributed by atoms with Crippen molar-refractivity contribution in [3.63, 3.8) is 0 Å². The highest BCUT2D eigenvalue weighted by atomic mass is 16.1. The Hall–Kier alpha value is -0.610. The lowest BCUT2D eigenvalue weighted by Gasteiger charge is -2.25. The van der Waals surface area contributed by atoms with E-state index < -0.39 is 0 Å². The molecule has 0 aromatic rings. The fraction of sp³-hybridized carbons (Fsp3) is 0.917. The van der Waals surface area contributed by atoms with Crippen LogP contribution in [0.25, 0.3) is 0 Å². The number of nitrogens with one attached hydrogen (secondary N) is 1. The third-order valence-electron chi connectivity index (χ3n) is 3.12. The first-order chi connectivity index (χ1) is 7.74. The minimum Gasteiger partial charge on any atom is -0.368 e. The van der Waals surface area contributed by atoms with Gasteiger partial charge >= 0.3 is 0 Å². The first-order valence-electron chi connectivity index (χ1n) is 6.49. The molecule has 94 valence electrons. The molecule has 0 saturated carbocycles. The minimum atomic E-state index is -0.224. The maximum Gasteiger partial charge on any atom is 0.235 e. The van der Waals surface area contributed by atoms with Gasteiger partial charge in [-0.3, -0.25) is 4.79 Å². The summed E-state index contributed by atoms with van der Waals surface area (Å²) in [7, 11) is 0. The molecular weight excluding hydrogens is 202 g/mol. The number of primary amides is 1. The third-order valence-corrected chi connectivity index (χ3v) is 3.12. The summed E-state index contributed by atoms with van der Waals surface area (Å²) in [6.45, 7) is 5.95. The van der Waals surface area contributed by atoms with Crippen molar-refractivity contribution >= 4 is 5.91 Å². The van der Waals surface area contributed by atoms with E-state index in [0.717, 1.165) is 32.6 Å². The van der Waals surface area contributed by atoms with Crippen molar-refractivity contribution in [3.8, 4) is 0 Å². The van der Waals surface area contributed by atoms with Gasteiger partial charge in [0.1, 0.15) is 0 Å². The zero-order chi connectivity index (χ0) is 11.8. The summed E-state index contributed by atoms with van der Waals surface area (Å²) < 4.78 is 0. The van der Waals surface area contributed by atoms with Gasteiger partial charge in [-0.2, -0.15) is 0 Å². The largest absolute Gasteiger partial charge is 0.368 e. The van der Waals surface area contributed by atoms with Crippen molar-refractivity contribution in [2.45, 2.75) is 45.1 Å². The van der Waals surface area contributed by atoms with Crippen LogP contribution in [-0.4, -0.2) is 43.0 Å². The van der Waals surface area contributed by atoms with Crippen LogP contribution in [0.3, 0.4) is 0 Å². The third kappa shape index (κ3) is 4.94. The molecule has 4 heteroatoms. The average Bonchev–Trinajstić information content (AvgIpc) is 2.52. The Morgan fingerprint density at radius 2 is 1.94 bits per heavy atom. The molecule has 1 atom stereocenters. The van der Waals surface area contributed by atoms with Crippen molar-refractivity contribution in [2.75, 3.05) is 26.2 Å². The second-order valence-electron chi connectivity index (χ2n) is 4.62. The van der Waals surface area contributed by atoms with E-state index in [-0.39, 0.29) is 11.9 Å². The molecule has 1 unspecified atom stereocenters. The van der Waals surface area contributed by atoms with E-state index in [2.05, 4.69) is 17.1 Å². The molecule has 1 rings (SSSR count). The van der Waals surface area contributed by atoms with Gasteiger partial charge in [0, 0.05) is 6.54 Å². The Morgan fingerprint density at radius 3 is 2.44 bits per heavy atom. The van der Waals surface area contributed by atoms with E-state index in [1.165, 1.54) is 25.7 Å². The smallest absolute Gasteiger partial charge is 0.235 e. The van der Waals surface area contributed by atoms with Gasteiger partial charge in [0.2, 0.25) is 5.91 Å². The zero-order valence-corrected chi connectivity index (χ0v) is 10.4. The molecule has 1 aliphatic rings. The molecule has 1 saturated heterocycles. The quantitative estimate of drug-likeness (QED) is 0.703. The van der Waals surface area contributed by atoms with E-state index in [4.69, 9.17) is 5.73 Å². The summed E-state index contributed by atoms with van der Waals surface area (Å²) in [5.41, 5.74) is 5.41. The molecule has 0 aliphatic carbocycles. The number of carbonyl (C=O) groups is 1. The molecule has 0 aromatic heterocycles. The van der Waals surface area contributed by atoms with Crippen molar-refractivity contribution in [1.29, 1.82) is 0 Å². The van der Waals surface area contributed by atoms with Crippen LogP contribution in [0.1, 0.15) is 39.0 Å². The van der Waals surface area contributed by atoms with Crippen LogP contribution in [0.4, 0.5) is 0 Å². The first kappa shape index (κ1) is 13.5. The predicted octanol–water partition coefficient (Wildman–Crippen LogP) is 0.716. The molecule has 16 heavy (non-hydrogen) atoms. The first-order valence-corrected chi connectivity index (χ1v) is 6.49. The summed E-state index contributed by atoms with van der Waals surface area (Å²) in [4.78, 5) is 13.7. The molecule has 0 spiro atoms. The van der Waals surface area contributed by atoms with Gasteiger partial charge in [-0.05, 0) is 38.9 Å². The van der Waals surface area contributed by atoms with Crippen molar-refractivity contribution in [2.24, 2.45) is 5.73 Å². The number of hydrogen-bond donors (Lipinski definition) is 2. The number of nitrogens with two attached hydrogens (primary N) is 1. The van der Waals surface area contributed by atoms with Crippen molar-refractivity contribution in [3.05, 3.63) is 0 Å². The number of carbonyl (C=O) groups excluding carboxylic acids is 1. The maximum atomic E-state index is 11.3. The van der Waals surface area contributed by atoms with Crippen molar-refractivity contribution in [1.82, 2.24) is 10.2 Å². The van der Waals surface area contributed by atoms with Crippen molar-refractivity contribution < 1.29 is 4.79 Å². The van der Waals surface area contributed by atoms with Gasteiger partial charge in [-0.25, -0.2) is 0 Å². The maximum absolute atomic E-state index is 11.3. The Morgan fingerprint density at radius 1 is 1.31 bits per heavy atom. The van der Waals surface area contributed by atoms with Crippen LogP contribution < -0.4 is 11.1 Å².